The zero-order valence-corrected chi connectivity index (χ0v) is 17.3. The highest BCUT2D eigenvalue weighted by Crippen LogP contribution is 2.32. The van der Waals surface area contributed by atoms with Crippen LogP contribution in [0.4, 0.5) is 0 Å². The van der Waals surface area contributed by atoms with Gasteiger partial charge in [0.15, 0.2) is 0 Å². The third-order valence-electron chi connectivity index (χ3n) is 5.53. The van der Waals surface area contributed by atoms with Crippen LogP contribution < -0.4 is 0 Å². The molecule has 4 nitrogen and oxygen atoms in total. The average molecular weight is 406 g/mol. The Morgan fingerprint density at radius 1 is 0.839 bits per heavy atom. The summed E-state index contributed by atoms with van der Waals surface area (Å²) in [5, 5.41) is 2.13. The maximum atomic E-state index is 12.8. The summed E-state index contributed by atoms with van der Waals surface area (Å²) in [5.74, 6) is -0.409. The van der Waals surface area contributed by atoms with E-state index < -0.39 is 5.97 Å². The number of para-hydroxylation sites is 1. The molecule has 152 valence electrons. The molecule has 0 saturated heterocycles. The lowest BCUT2D eigenvalue weighted by atomic mass is 10.1. The van der Waals surface area contributed by atoms with Crippen molar-refractivity contribution >= 4 is 27.8 Å². The highest BCUT2D eigenvalue weighted by molar-refractivity contribution is 6.10. The third kappa shape index (κ3) is 3.68. The molecule has 0 saturated carbocycles. The normalized spacial score (nSPS) is 11.1. The van der Waals surface area contributed by atoms with Crippen LogP contribution >= 0.6 is 0 Å². The quantitative estimate of drug-likeness (QED) is 0.341. The van der Waals surface area contributed by atoms with Gasteiger partial charge >= 0.3 is 5.97 Å². The van der Waals surface area contributed by atoms with Crippen molar-refractivity contribution < 1.29 is 9.53 Å². The molecule has 5 rings (SSSR count). The summed E-state index contributed by atoms with van der Waals surface area (Å²) in [6.45, 7) is 2.93. The second-order valence-corrected chi connectivity index (χ2v) is 7.64. The van der Waals surface area contributed by atoms with Crippen LogP contribution in [0, 0.1) is 6.92 Å². The number of carbonyl (C=O) groups is 1. The second kappa shape index (κ2) is 8.07. The summed E-state index contributed by atoms with van der Waals surface area (Å²) in [6, 6.07) is 30.2. The number of fused-ring (bicyclic) bond motifs is 3. The van der Waals surface area contributed by atoms with Gasteiger partial charge in [-0.25, -0.2) is 9.78 Å². The number of hydrogen-bond donors (Lipinski definition) is 0. The smallest absolute Gasteiger partial charge is 0.357 e. The minimum absolute atomic E-state index is 0.230. The Morgan fingerprint density at radius 2 is 1.48 bits per heavy atom. The first-order valence-electron chi connectivity index (χ1n) is 10.3. The fraction of sp³-hybridized carbons (Fsp3) is 0.111. The minimum Gasteiger partial charge on any atom is -0.456 e. The Hall–Kier alpha value is -3.92. The van der Waals surface area contributed by atoms with Crippen LogP contribution in [0.3, 0.4) is 0 Å². The molecule has 0 amide bonds. The number of benzene rings is 3. The van der Waals surface area contributed by atoms with E-state index in [9.17, 15) is 4.79 Å². The lowest BCUT2D eigenvalue weighted by Crippen LogP contribution is -2.09. The number of nitrogens with zero attached hydrogens (tertiary/aromatic N) is 2. The molecule has 31 heavy (non-hydrogen) atoms. The van der Waals surface area contributed by atoms with Crippen LogP contribution in [-0.4, -0.2) is 15.5 Å². The molecule has 0 aliphatic rings. The average Bonchev–Trinajstić information content (AvgIpc) is 3.13. The number of aromatic nitrogens is 2. The molecule has 0 atom stereocenters. The molecule has 2 heterocycles. The summed E-state index contributed by atoms with van der Waals surface area (Å²) in [4.78, 5) is 17.4. The highest BCUT2D eigenvalue weighted by atomic mass is 16.5. The van der Waals surface area contributed by atoms with Gasteiger partial charge in [0, 0.05) is 22.8 Å². The fourth-order valence-electron chi connectivity index (χ4n) is 4.10. The molecule has 0 aliphatic heterocycles. The molecule has 0 bridgehead atoms. The van der Waals surface area contributed by atoms with E-state index in [1.165, 1.54) is 5.56 Å². The van der Waals surface area contributed by atoms with Crippen molar-refractivity contribution in [2.24, 2.45) is 0 Å². The van der Waals surface area contributed by atoms with Crippen LogP contribution in [0.1, 0.15) is 27.3 Å². The molecule has 0 radical (unpaired) electrons. The van der Waals surface area contributed by atoms with Crippen LogP contribution in [-0.2, 0) is 17.9 Å². The van der Waals surface area contributed by atoms with Crippen LogP contribution in [0.2, 0.25) is 0 Å². The Morgan fingerprint density at radius 3 is 2.23 bits per heavy atom. The van der Waals surface area contributed by atoms with Gasteiger partial charge in [-0.05, 0) is 30.2 Å². The van der Waals surface area contributed by atoms with Crippen molar-refractivity contribution in [1.29, 1.82) is 0 Å². The minimum atomic E-state index is -0.409. The zero-order valence-electron chi connectivity index (χ0n) is 17.3. The van der Waals surface area contributed by atoms with Gasteiger partial charge in [0.2, 0.25) is 0 Å². The van der Waals surface area contributed by atoms with E-state index in [-0.39, 0.29) is 6.61 Å². The first-order valence-corrected chi connectivity index (χ1v) is 10.3. The molecular weight excluding hydrogens is 384 g/mol. The van der Waals surface area contributed by atoms with Crippen molar-refractivity contribution in [3.05, 3.63) is 114 Å². The maximum Gasteiger partial charge on any atom is 0.357 e. The second-order valence-electron chi connectivity index (χ2n) is 7.64. The van der Waals surface area contributed by atoms with Gasteiger partial charge in [-0.2, -0.15) is 0 Å². The van der Waals surface area contributed by atoms with E-state index in [1.807, 2.05) is 61.5 Å². The van der Waals surface area contributed by atoms with Gasteiger partial charge in [-0.1, -0.05) is 78.9 Å². The van der Waals surface area contributed by atoms with Gasteiger partial charge in [0.1, 0.15) is 12.3 Å². The van der Waals surface area contributed by atoms with Crippen molar-refractivity contribution in [3.8, 4) is 0 Å². The van der Waals surface area contributed by atoms with Gasteiger partial charge in [-0.15, -0.1) is 0 Å². The summed E-state index contributed by atoms with van der Waals surface area (Å²) in [7, 11) is 0. The lowest BCUT2D eigenvalue weighted by Gasteiger charge is -2.10. The fourth-order valence-corrected chi connectivity index (χ4v) is 4.10. The topological polar surface area (TPSA) is 44.1 Å². The zero-order chi connectivity index (χ0) is 21.2. The Bertz CT molecular complexity index is 1370. The molecule has 4 heteroatoms. The van der Waals surface area contributed by atoms with E-state index in [0.717, 1.165) is 39.6 Å². The number of rotatable bonds is 5. The van der Waals surface area contributed by atoms with E-state index in [2.05, 4.69) is 45.9 Å². The Labute approximate surface area is 180 Å². The number of pyridine rings is 1. The molecule has 0 aliphatic carbocycles. The van der Waals surface area contributed by atoms with E-state index in [4.69, 9.17) is 4.74 Å². The first-order chi connectivity index (χ1) is 15.2. The molecule has 2 aromatic heterocycles. The van der Waals surface area contributed by atoms with E-state index in [0.29, 0.717) is 5.69 Å². The molecule has 0 N–H and O–H groups in total. The van der Waals surface area contributed by atoms with Crippen LogP contribution in [0.5, 0.6) is 0 Å². The molecule has 0 unspecified atom stereocenters. The maximum absolute atomic E-state index is 12.8. The number of ether oxygens (including phenoxy) is 1. The van der Waals surface area contributed by atoms with Crippen LogP contribution in [0.15, 0.2) is 91.0 Å². The summed E-state index contributed by atoms with van der Waals surface area (Å²) in [6.07, 6.45) is 0. The molecule has 0 spiro atoms. The number of carbonyl (C=O) groups excluding carboxylic acids is 1. The van der Waals surface area contributed by atoms with Crippen molar-refractivity contribution in [3.63, 3.8) is 0 Å². The van der Waals surface area contributed by atoms with Gasteiger partial charge < -0.3 is 9.30 Å². The first kappa shape index (κ1) is 19.1. The predicted molar refractivity (Wildman–Crippen MR) is 123 cm³/mol. The van der Waals surface area contributed by atoms with Gasteiger partial charge in [-0.3, -0.25) is 0 Å². The summed E-state index contributed by atoms with van der Waals surface area (Å²) < 4.78 is 7.80. The van der Waals surface area contributed by atoms with Crippen molar-refractivity contribution in [2.75, 3.05) is 0 Å². The third-order valence-corrected chi connectivity index (χ3v) is 5.53. The largest absolute Gasteiger partial charge is 0.456 e. The Balaban J connectivity index is 1.56. The van der Waals surface area contributed by atoms with Gasteiger partial charge in [0.05, 0.1) is 11.2 Å². The van der Waals surface area contributed by atoms with Gasteiger partial charge in [0.25, 0.3) is 0 Å². The Kier molecular flexibility index (Phi) is 4.97. The molecular formula is C27H22N2O2. The standard InChI is InChI=1S/C27H22N2O2/c1-19-26-23(16-24(28-19)27(30)31-18-21-12-6-3-7-13-21)22-14-8-9-15-25(22)29(26)17-20-10-4-2-5-11-20/h2-16H,17-18H2,1H3. The molecule has 5 aromatic rings. The predicted octanol–water partition coefficient (Wildman–Crippen LogP) is 5.90. The number of esters is 1. The van der Waals surface area contributed by atoms with E-state index >= 15 is 0 Å². The number of aryl methyl sites for hydroxylation is 1. The van der Waals surface area contributed by atoms with Crippen molar-refractivity contribution in [2.45, 2.75) is 20.1 Å². The molecule has 3 aromatic carbocycles. The monoisotopic (exact) mass is 406 g/mol. The van der Waals surface area contributed by atoms with E-state index in [1.54, 1.807) is 0 Å². The highest BCUT2D eigenvalue weighted by Gasteiger charge is 2.18. The number of hydrogen-bond acceptors (Lipinski definition) is 3. The van der Waals surface area contributed by atoms with Crippen LogP contribution in [0.25, 0.3) is 21.8 Å². The lowest BCUT2D eigenvalue weighted by molar-refractivity contribution is 0.0465. The summed E-state index contributed by atoms with van der Waals surface area (Å²) in [5.41, 5.74) is 5.49. The van der Waals surface area contributed by atoms with Crippen molar-refractivity contribution in [1.82, 2.24) is 9.55 Å². The summed E-state index contributed by atoms with van der Waals surface area (Å²) >= 11 is 0. The molecule has 0 fully saturated rings. The SMILES string of the molecule is Cc1nc(C(=O)OCc2ccccc2)cc2c3ccccc3n(Cc3ccccc3)c12.